The van der Waals surface area contributed by atoms with Crippen LogP contribution in [0.1, 0.15) is 60.8 Å². The third-order valence-corrected chi connectivity index (χ3v) is 2.86. The number of nitrogens with one attached hydrogen (secondary N) is 1. The van der Waals surface area contributed by atoms with E-state index in [1.807, 2.05) is 20.8 Å². The zero-order chi connectivity index (χ0) is 16.6. The summed E-state index contributed by atoms with van der Waals surface area (Å²) in [5, 5.41) is 12.0. The number of alkyl carbamates (subject to hydrolysis) is 1. The van der Waals surface area contributed by atoms with Crippen LogP contribution in [0.2, 0.25) is 0 Å². The molecule has 21 heavy (non-hydrogen) atoms. The van der Waals surface area contributed by atoms with Crippen LogP contribution in [-0.4, -0.2) is 28.8 Å². The number of rotatable bonds is 7. The van der Waals surface area contributed by atoms with Gasteiger partial charge in [0.05, 0.1) is 6.04 Å². The maximum Gasteiger partial charge on any atom is 0.408 e. The second-order valence-corrected chi connectivity index (χ2v) is 6.52. The average molecular weight is 299 g/mol. The Hall–Kier alpha value is -1.52. The van der Waals surface area contributed by atoms with Gasteiger partial charge in [0, 0.05) is 5.57 Å². The minimum Gasteiger partial charge on any atom is -0.478 e. The number of unbranched alkanes of at least 4 members (excludes halogenated alkanes) is 1. The molecule has 0 aliphatic heterocycles. The first-order chi connectivity index (χ1) is 9.56. The standard InChI is InChI=1S/C16H29NO4/c1-7-8-9-12(14(18)19)10-13(11(2)3)17-15(20)21-16(4,5)6/h10-11,13H,7-9H2,1-6H3,(H,17,20)(H,18,19)/b12-10+/t13-/m1/s1. The normalized spacial score (nSPS) is 14.0. The van der Waals surface area contributed by atoms with Gasteiger partial charge in [-0.2, -0.15) is 0 Å². The van der Waals surface area contributed by atoms with Crippen molar-refractivity contribution in [3.8, 4) is 0 Å². The van der Waals surface area contributed by atoms with E-state index in [2.05, 4.69) is 5.32 Å². The molecule has 0 saturated carbocycles. The number of ether oxygens (including phenoxy) is 1. The molecule has 122 valence electrons. The molecule has 5 heteroatoms. The summed E-state index contributed by atoms with van der Waals surface area (Å²) in [6.45, 7) is 11.2. The minimum absolute atomic E-state index is 0.0773. The first-order valence-corrected chi connectivity index (χ1v) is 7.50. The second kappa shape index (κ2) is 8.70. The molecular formula is C16H29NO4. The van der Waals surface area contributed by atoms with E-state index in [-0.39, 0.29) is 12.0 Å². The smallest absolute Gasteiger partial charge is 0.408 e. The van der Waals surface area contributed by atoms with Gasteiger partial charge in [-0.15, -0.1) is 0 Å². The molecule has 0 unspecified atom stereocenters. The Balaban J connectivity index is 4.95. The highest BCUT2D eigenvalue weighted by molar-refractivity contribution is 5.86. The van der Waals surface area contributed by atoms with Gasteiger partial charge in [0.2, 0.25) is 0 Å². The van der Waals surface area contributed by atoms with Gasteiger partial charge in [0.1, 0.15) is 5.60 Å². The van der Waals surface area contributed by atoms with E-state index in [4.69, 9.17) is 4.74 Å². The van der Waals surface area contributed by atoms with Crippen molar-refractivity contribution in [1.82, 2.24) is 5.32 Å². The van der Waals surface area contributed by atoms with Crippen molar-refractivity contribution in [3.63, 3.8) is 0 Å². The lowest BCUT2D eigenvalue weighted by atomic mass is 9.99. The Morgan fingerprint density at radius 1 is 1.29 bits per heavy atom. The molecule has 0 aromatic carbocycles. The summed E-state index contributed by atoms with van der Waals surface area (Å²) in [5.41, 5.74) is -0.237. The first kappa shape index (κ1) is 19.5. The van der Waals surface area contributed by atoms with Gasteiger partial charge in [-0.3, -0.25) is 0 Å². The number of aliphatic carboxylic acids is 1. The molecule has 0 spiro atoms. The second-order valence-electron chi connectivity index (χ2n) is 6.52. The van der Waals surface area contributed by atoms with Gasteiger partial charge in [-0.05, 0) is 39.5 Å². The summed E-state index contributed by atoms with van der Waals surface area (Å²) in [6.07, 6.45) is 3.35. The first-order valence-electron chi connectivity index (χ1n) is 7.50. The quantitative estimate of drug-likeness (QED) is 0.702. The van der Waals surface area contributed by atoms with Crippen LogP contribution in [0.25, 0.3) is 0 Å². The number of amides is 1. The van der Waals surface area contributed by atoms with Gasteiger partial charge in [0.25, 0.3) is 0 Å². The molecule has 0 aliphatic rings. The third-order valence-electron chi connectivity index (χ3n) is 2.86. The van der Waals surface area contributed by atoms with Crippen LogP contribution < -0.4 is 5.32 Å². The van der Waals surface area contributed by atoms with Gasteiger partial charge in [-0.25, -0.2) is 9.59 Å². The number of hydrogen-bond donors (Lipinski definition) is 2. The van der Waals surface area contributed by atoms with Crippen LogP contribution >= 0.6 is 0 Å². The fourth-order valence-corrected chi connectivity index (χ4v) is 1.69. The maximum atomic E-state index is 11.8. The highest BCUT2D eigenvalue weighted by Gasteiger charge is 2.21. The van der Waals surface area contributed by atoms with E-state index in [9.17, 15) is 14.7 Å². The zero-order valence-corrected chi connectivity index (χ0v) is 14.0. The van der Waals surface area contributed by atoms with Gasteiger partial charge < -0.3 is 15.2 Å². The van der Waals surface area contributed by atoms with Crippen molar-refractivity contribution in [1.29, 1.82) is 0 Å². The van der Waals surface area contributed by atoms with Crippen molar-refractivity contribution in [3.05, 3.63) is 11.6 Å². The van der Waals surface area contributed by atoms with E-state index >= 15 is 0 Å². The molecule has 2 N–H and O–H groups in total. The van der Waals surface area contributed by atoms with E-state index in [0.29, 0.717) is 12.0 Å². The molecule has 0 heterocycles. The molecule has 0 saturated heterocycles. The molecule has 0 fully saturated rings. The Morgan fingerprint density at radius 2 is 1.86 bits per heavy atom. The molecule has 0 rings (SSSR count). The van der Waals surface area contributed by atoms with E-state index in [1.165, 1.54) is 0 Å². The Kier molecular flexibility index (Phi) is 8.07. The van der Waals surface area contributed by atoms with Crippen LogP contribution in [0.3, 0.4) is 0 Å². The van der Waals surface area contributed by atoms with Gasteiger partial charge in [-0.1, -0.05) is 33.3 Å². The predicted molar refractivity (Wildman–Crippen MR) is 83.2 cm³/mol. The Morgan fingerprint density at radius 3 is 2.24 bits per heavy atom. The van der Waals surface area contributed by atoms with Crippen LogP contribution in [0.15, 0.2) is 11.6 Å². The lowest BCUT2D eigenvalue weighted by Crippen LogP contribution is -2.41. The van der Waals surface area contributed by atoms with Crippen LogP contribution in [-0.2, 0) is 9.53 Å². The maximum absolute atomic E-state index is 11.8. The highest BCUT2D eigenvalue weighted by atomic mass is 16.6. The molecular weight excluding hydrogens is 270 g/mol. The largest absolute Gasteiger partial charge is 0.478 e. The fraction of sp³-hybridized carbons (Fsp3) is 0.750. The molecule has 0 bridgehead atoms. The van der Waals surface area contributed by atoms with Crippen molar-refractivity contribution < 1.29 is 19.4 Å². The summed E-state index contributed by atoms with van der Waals surface area (Å²) in [5.74, 6) is -0.853. The summed E-state index contributed by atoms with van der Waals surface area (Å²) >= 11 is 0. The highest BCUT2D eigenvalue weighted by Crippen LogP contribution is 2.14. The van der Waals surface area contributed by atoms with Crippen molar-refractivity contribution in [2.45, 2.75) is 72.4 Å². The van der Waals surface area contributed by atoms with E-state index in [0.717, 1.165) is 12.8 Å². The number of carboxylic acids is 1. The summed E-state index contributed by atoms with van der Waals surface area (Å²) in [6, 6.07) is -0.359. The number of hydrogen-bond acceptors (Lipinski definition) is 3. The van der Waals surface area contributed by atoms with Crippen molar-refractivity contribution in [2.24, 2.45) is 5.92 Å². The van der Waals surface area contributed by atoms with E-state index in [1.54, 1.807) is 26.8 Å². The number of carboxylic acid groups (broad SMARTS) is 1. The topological polar surface area (TPSA) is 75.6 Å². The number of carbonyl (C=O) groups is 2. The third kappa shape index (κ3) is 9.10. The summed E-state index contributed by atoms with van der Waals surface area (Å²) in [4.78, 5) is 23.1. The van der Waals surface area contributed by atoms with Crippen LogP contribution in [0.4, 0.5) is 4.79 Å². The molecule has 0 radical (unpaired) electrons. The SMILES string of the molecule is CCCC/C(=C\[C@@H](NC(=O)OC(C)(C)C)C(C)C)C(=O)O. The average Bonchev–Trinajstić information content (AvgIpc) is 2.29. The van der Waals surface area contributed by atoms with E-state index < -0.39 is 17.7 Å². The molecule has 1 atom stereocenters. The predicted octanol–water partition coefficient (Wildman–Crippen LogP) is 3.74. The van der Waals surface area contributed by atoms with Crippen molar-refractivity contribution in [2.75, 3.05) is 0 Å². The van der Waals surface area contributed by atoms with Crippen LogP contribution in [0, 0.1) is 5.92 Å². The monoisotopic (exact) mass is 299 g/mol. The Bertz CT molecular complexity index is 380. The fourth-order valence-electron chi connectivity index (χ4n) is 1.69. The molecule has 5 nitrogen and oxygen atoms in total. The minimum atomic E-state index is -0.930. The molecule has 1 amide bonds. The summed E-state index contributed by atoms with van der Waals surface area (Å²) in [7, 11) is 0. The molecule has 0 aliphatic carbocycles. The molecule has 0 aromatic rings. The zero-order valence-electron chi connectivity index (χ0n) is 14.0. The van der Waals surface area contributed by atoms with Crippen molar-refractivity contribution >= 4 is 12.1 Å². The number of carbonyl (C=O) groups excluding carboxylic acids is 1. The lowest BCUT2D eigenvalue weighted by molar-refractivity contribution is -0.132. The molecule has 0 aromatic heterocycles. The Labute approximate surface area is 127 Å². The van der Waals surface area contributed by atoms with Gasteiger partial charge >= 0.3 is 12.1 Å². The summed E-state index contributed by atoms with van der Waals surface area (Å²) < 4.78 is 5.21. The van der Waals surface area contributed by atoms with Crippen LogP contribution in [0.5, 0.6) is 0 Å². The van der Waals surface area contributed by atoms with Gasteiger partial charge in [0.15, 0.2) is 0 Å². The lowest BCUT2D eigenvalue weighted by Gasteiger charge is -2.24.